The van der Waals surface area contributed by atoms with E-state index in [9.17, 15) is 4.39 Å². The zero-order valence-electron chi connectivity index (χ0n) is 16.6. The van der Waals surface area contributed by atoms with Crippen LogP contribution in [-0.4, -0.2) is 31.6 Å². The number of hydrogen-bond acceptors (Lipinski definition) is 3. The van der Waals surface area contributed by atoms with Crippen molar-refractivity contribution >= 4 is 35.6 Å². The molecule has 1 aliphatic heterocycles. The van der Waals surface area contributed by atoms with Gasteiger partial charge in [0.05, 0.1) is 18.2 Å². The molecule has 0 aliphatic carbocycles. The molecular weight excluding hydrogens is 480 g/mol. The summed E-state index contributed by atoms with van der Waals surface area (Å²) in [6.45, 7) is 5.04. The fourth-order valence-corrected chi connectivity index (χ4v) is 3.43. The Balaban J connectivity index is 0.00000300. The Labute approximate surface area is 189 Å². The van der Waals surface area contributed by atoms with E-state index < -0.39 is 0 Å². The summed E-state index contributed by atoms with van der Waals surface area (Å²) in [4.78, 5) is 6.88. The molecule has 1 aliphatic rings. The van der Waals surface area contributed by atoms with Gasteiger partial charge in [0.15, 0.2) is 5.96 Å². The van der Waals surface area contributed by atoms with Crippen LogP contribution in [0.25, 0.3) is 0 Å². The molecule has 0 saturated carbocycles. The van der Waals surface area contributed by atoms with Gasteiger partial charge in [0.1, 0.15) is 5.82 Å². The fourth-order valence-electron chi connectivity index (χ4n) is 3.43. The summed E-state index contributed by atoms with van der Waals surface area (Å²) in [5.41, 5.74) is 2.56. The van der Waals surface area contributed by atoms with Gasteiger partial charge in [-0.05, 0) is 55.7 Å². The second kappa shape index (κ2) is 11.6. The highest BCUT2D eigenvalue weighted by Gasteiger charge is 2.21. The van der Waals surface area contributed by atoms with E-state index in [1.54, 1.807) is 18.2 Å². The topological polar surface area (TPSA) is 63.5 Å². The van der Waals surface area contributed by atoms with Gasteiger partial charge in [-0.25, -0.2) is 9.38 Å². The Morgan fingerprint density at radius 1 is 1.28 bits per heavy atom. The van der Waals surface area contributed by atoms with Crippen molar-refractivity contribution in [3.8, 4) is 6.07 Å². The summed E-state index contributed by atoms with van der Waals surface area (Å²) < 4.78 is 13.6. The SMILES string of the molecule is CCNC(=NCc1cccc(C#N)c1)NC1CCCN(c2cccc(F)c2)C1.I. The number of hydrogen-bond donors (Lipinski definition) is 2. The van der Waals surface area contributed by atoms with Crippen molar-refractivity contribution in [3.63, 3.8) is 0 Å². The molecule has 7 heteroatoms. The lowest BCUT2D eigenvalue weighted by Crippen LogP contribution is -2.51. The lowest BCUT2D eigenvalue weighted by atomic mass is 10.0. The minimum Gasteiger partial charge on any atom is -0.369 e. The molecule has 2 aromatic carbocycles. The van der Waals surface area contributed by atoms with Crippen LogP contribution in [0.5, 0.6) is 0 Å². The Morgan fingerprint density at radius 3 is 2.86 bits per heavy atom. The van der Waals surface area contributed by atoms with Crippen LogP contribution in [0.2, 0.25) is 0 Å². The number of rotatable bonds is 5. The monoisotopic (exact) mass is 507 g/mol. The van der Waals surface area contributed by atoms with Gasteiger partial charge in [0.25, 0.3) is 0 Å². The summed E-state index contributed by atoms with van der Waals surface area (Å²) in [6, 6.07) is 16.7. The maximum Gasteiger partial charge on any atom is 0.191 e. The first kappa shape index (κ1) is 22.9. The van der Waals surface area contributed by atoms with Crippen LogP contribution < -0.4 is 15.5 Å². The molecule has 0 spiro atoms. The van der Waals surface area contributed by atoms with E-state index in [4.69, 9.17) is 5.26 Å². The predicted octanol–water partition coefficient (Wildman–Crippen LogP) is 4.04. The van der Waals surface area contributed by atoms with Crippen LogP contribution in [0.4, 0.5) is 10.1 Å². The minimum atomic E-state index is -0.206. The molecule has 0 aromatic heterocycles. The number of aliphatic imine (C=N–C) groups is 1. The van der Waals surface area contributed by atoms with E-state index >= 15 is 0 Å². The molecule has 154 valence electrons. The molecule has 1 fully saturated rings. The molecule has 0 bridgehead atoms. The highest BCUT2D eigenvalue weighted by molar-refractivity contribution is 14.0. The van der Waals surface area contributed by atoms with Crippen LogP contribution in [0.1, 0.15) is 30.9 Å². The molecule has 0 radical (unpaired) electrons. The normalized spacial score (nSPS) is 16.5. The van der Waals surface area contributed by atoms with E-state index in [1.807, 2.05) is 31.2 Å². The second-order valence-corrected chi connectivity index (χ2v) is 6.92. The maximum atomic E-state index is 13.6. The smallest absolute Gasteiger partial charge is 0.191 e. The summed E-state index contributed by atoms with van der Waals surface area (Å²) >= 11 is 0. The Bertz CT molecular complexity index is 864. The molecule has 1 atom stereocenters. The predicted molar refractivity (Wildman–Crippen MR) is 126 cm³/mol. The van der Waals surface area contributed by atoms with Crippen molar-refractivity contribution in [1.82, 2.24) is 10.6 Å². The Kier molecular flexibility index (Phi) is 9.19. The van der Waals surface area contributed by atoms with Crippen molar-refractivity contribution in [2.45, 2.75) is 32.4 Å². The highest BCUT2D eigenvalue weighted by Crippen LogP contribution is 2.20. The van der Waals surface area contributed by atoms with E-state index in [-0.39, 0.29) is 35.8 Å². The molecular formula is C22H27FIN5. The van der Waals surface area contributed by atoms with Crippen LogP contribution in [0, 0.1) is 17.1 Å². The zero-order valence-corrected chi connectivity index (χ0v) is 18.9. The van der Waals surface area contributed by atoms with E-state index in [0.29, 0.717) is 12.1 Å². The van der Waals surface area contributed by atoms with Gasteiger partial charge >= 0.3 is 0 Å². The Morgan fingerprint density at radius 2 is 2.10 bits per heavy atom. The number of nitrogens with zero attached hydrogens (tertiary/aromatic N) is 3. The van der Waals surface area contributed by atoms with E-state index in [1.165, 1.54) is 6.07 Å². The average molecular weight is 507 g/mol. The van der Waals surface area contributed by atoms with Crippen molar-refractivity contribution < 1.29 is 4.39 Å². The van der Waals surface area contributed by atoms with Crippen molar-refractivity contribution in [2.75, 3.05) is 24.5 Å². The third-order valence-electron chi connectivity index (χ3n) is 4.76. The van der Waals surface area contributed by atoms with Gasteiger partial charge in [-0.2, -0.15) is 5.26 Å². The number of nitrogens with one attached hydrogen (secondary N) is 2. The molecule has 1 unspecified atom stereocenters. The van der Waals surface area contributed by atoms with Gasteiger partial charge in [-0.15, -0.1) is 24.0 Å². The average Bonchev–Trinajstić information content (AvgIpc) is 2.72. The fraction of sp³-hybridized carbons (Fsp3) is 0.364. The maximum absolute atomic E-state index is 13.6. The van der Waals surface area contributed by atoms with Gasteiger partial charge in [-0.3, -0.25) is 0 Å². The molecule has 1 saturated heterocycles. The zero-order chi connectivity index (χ0) is 19.8. The molecule has 2 aromatic rings. The number of halogens is 2. The lowest BCUT2D eigenvalue weighted by molar-refractivity contribution is 0.467. The van der Waals surface area contributed by atoms with Gasteiger partial charge in [0, 0.05) is 31.4 Å². The quantitative estimate of drug-likeness (QED) is 0.365. The third-order valence-corrected chi connectivity index (χ3v) is 4.76. The molecule has 1 heterocycles. The molecule has 3 rings (SSSR count). The van der Waals surface area contributed by atoms with E-state index in [2.05, 4.69) is 26.6 Å². The summed E-state index contributed by atoms with van der Waals surface area (Å²) in [5, 5.41) is 15.8. The Hall–Kier alpha value is -2.34. The number of benzene rings is 2. The minimum absolute atomic E-state index is 0. The van der Waals surface area contributed by atoms with Crippen molar-refractivity contribution in [1.29, 1.82) is 5.26 Å². The van der Waals surface area contributed by atoms with Crippen LogP contribution in [0.15, 0.2) is 53.5 Å². The summed E-state index contributed by atoms with van der Waals surface area (Å²) in [7, 11) is 0. The first-order valence-corrected chi connectivity index (χ1v) is 9.72. The first-order chi connectivity index (χ1) is 13.7. The highest BCUT2D eigenvalue weighted by atomic mass is 127. The third kappa shape index (κ3) is 6.89. The van der Waals surface area contributed by atoms with Crippen LogP contribution in [-0.2, 0) is 6.54 Å². The molecule has 0 amide bonds. The first-order valence-electron chi connectivity index (χ1n) is 9.72. The van der Waals surface area contributed by atoms with Crippen LogP contribution >= 0.6 is 24.0 Å². The van der Waals surface area contributed by atoms with Crippen molar-refractivity contribution in [2.24, 2.45) is 4.99 Å². The van der Waals surface area contributed by atoms with Gasteiger partial charge in [0.2, 0.25) is 0 Å². The van der Waals surface area contributed by atoms with E-state index in [0.717, 1.165) is 49.7 Å². The number of guanidine groups is 1. The molecule has 5 nitrogen and oxygen atoms in total. The molecule has 29 heavy (non-hydrogen) atoms. The van der Waals surface area contributed by atoms with Gasteiger partial charge in [-0.1, -0.05) is 18.2 Å². The lowest BCUT2D eigenvalue weighted by Gasteiger charge is -2.35. The van der Waals surface area contributed by atoms with Gasteiger partial charge < -0.3 is 15.5 Å². The standard InChI is InChI=1S/C22H26FN5.HI/c1-2-25-22(26-15-18-7-3-6-17(12-18)14-24)27-20-9-5-11-28(16-20)21-10-4-8-19(23)13-21;/h3-4,6-8,10,12-13,20H,2,5,9,11,15-16H2,1H3,(H2,25,26,27);1H. The largest absolute Gasteiger partial charge is 0.369 e. The second-order valence-electron chi connectivity index (χ2n) is 6.92. The summed E-state index contributed by atoms with van der Waals surface area (Å²) in [6.07, 6.45) is 2.08. The number of piperidine rings is 1. The summed E-state index contributed by atoms with van der Waals surface area (Å²) in [5.74, 6) is 0.554. The number of nitriles is 1. The molecule has 2 N–H and O–H groups in total. The van der Waals surface area contributed by atoms with Crippen molar-refractivity contribution in [3.05, 3.63) is 65.5 Å². The number of anilines is 1. The van der Waals surface area contributed by atoms with Crippen LogP contribution in [0.3, 0.4) is 0 Å².